The van der Waals surface area contributed by atoms with Crippen LogP contribution in [0.15, 0.2) is 11.6 Å². The van der Waals surface area contributed by atoms with E-state index in [0.717, 1.165) is 38.5 Å². The zero-order valence-electron chi connectivity index (χ0n) is 38.2. The number of aliphatic hydroxyl groups is 12. The lowest BCUT2D eigenvalue weighted by Crippen LogP contribution is -2.66. The molecule has 0 aromatic rings. The third-order valence-electron chi connectivity index (χ3n) is 17.8. The molecule has 7 aliphatic rings. The lowest BCUT2D eigenvalue weighted by Gasteiger charge is -2.69. The standard InChI is InChI=1S/C46H78O18/c1-21(2)8-7-12-46(6,58)24-11-15-45(5)30(24)25(59-20-28-33(51)36(54)39(40(57)61-28)64-42-38(56)35(53)32(50)27(19-48)63-42)17-29-43(3)13-10-23(16-22(43)9-14-44(29,45)4)60-41-37(55)34(52)31(49)26(18-47)62-41/h8,22-42,47-58H,7,9-20H2,1-6H3/t22-,23-,24?,25+,26+,27+,28+,29+,30-,31+,32+,33+,34-,35-,36-,37+,38+,39+,40?,41?,42?,43-,44+,45+,46-/m0/s1. The number of rotatable bonds is 13. The van der Waals surface area contributed by atoms with E-state index in [1.807, 2.05) is 20.8 Å². The van der Waals surface area contributed by atoms with Gasteiger partial charge in [-0.25, -0.2) is 0 Å². The number of fused-ring (bicyclic) bond motifs is 5. The van der Waals surface area contributed by atoms with Crippen molar-refractivity contribution in [3.63, 3.8) is 0 Å². The van der Waals surface area contributed by atoms with Gasteiger partial charge in [0.1, 0.15) is 73.2 Å². The maximum Gasteiger partial charge on any atom is 0.187 e. The van der Waals surface area contributed by atoms with Crippen molar-refractivity contribution in [2.75, 3.05) is 19.8 Å². The van der Waals surface area contributed by atoms with Crippen molar-refractivity contribution in [3.8, 4) is 0 Å². The summed E-state index contributed by atoms with van der Waals surface area (Å²) < 4.78 is 35.9. The summed E-state index contributed by atoms with van der Waals surface area (Å²) in [5, 5.41) is 128. The van der Waals surface area contributed by atoms with Crippen LogP contribution in [-0.2, 0) is 28.4 Å². The van der Waals surface area contributed by atoms with Crippen molar-refractivity contribution in [1.82, 2.24) is 0 Å². The lowest BCUT2D eigenvalue weighted by atomic mass is 9.37. The van der Waals surface area contributed by atoms with Gasteiger partial charge in [0.25, 0.3) is 0 Å². The van der Waals surface area contributed by atoms with E-state index in [-0.39, 0.29) is 52.6 Å². The lowest BCUT2D eigenvalue weighted by molar-refractivity contribution is -0.363. The summed E-state index contributed by atoms with van der Waals surface area (Å²) in [6.07, 6.45) is -14.2. The van der Waals surface area contributed by atoms with E-state index < -0.39 is 117 Å². The first-order valence-corrected chi connectivity index (χ1v) is 23.6. The minimum absolute atomic E-state index is 0.0979. The third kappa shape index (κ3) is 9.03. The second-order valence-electron chi connectivity index (χ2n) is 21.7. The van der Waals surface area contributed by atoms with Gasteiger partial charge < -0.3 is 89.7 Å². The number of allylic oxidation sites excluding steroid dienone is 2. The van der Waals surface area contributed by atoms with Crippen molar-refractivity contribution in [2.45, 2.75) is 216 Å². The molecule has 0 spiro atoms. The first-order chi connectivity index (χ1) is 30.0. The van der Waals surface area contributed by atoms with Crippen LogP contribution in [0.1, 0.15) is 106 Å². The molecule has 18 nitrogen and oxygen atoms in total. The molecule has 0 bridgehead atoms. The molecule has 7 rings (SSSR count). The summed E-state index contributed by atoms with van der Waals surface area (Å²) in [6.45, 7) is 11.6. The van der Waals surface area contributed by atoms with E-state index >= 15 is 0 Å². The van der Waals surface area contributed by atoms with Crippen LogP contribution >= 0.6 is 0 Å². The summed E-state index contributed by atoms with van der Waals surface area (Å²) >= 11 is 0. The van der Waals surface area contributed by atoms with E-state index in [9.17, 15) is 61.3 Å². The quantitative estimate of drug-likeness (QED) is 0.0806. The predicted octanol–water partition coefficient (Wildman–Crippen LogP) is -0.663. The molecule has 0 amide bonds. The molecule has 0 aromatic heterocycles. The molecular weight excluding hydrogens is 840 g/mol. The highest BCUT2D eigenvalue weighted by molar-refractivity contribution is 5.19. The van der Waals surface area contributed by atoms with Crippen LogP contribution in [0.25, 0.3) is 0 Å². The Morgan fingerprint density at radius 3 is 1.84 bits per heavy atom. The normalized spacial score (nSPS) is 52.8. The van der Waals surface area contributed by atoms with Gasteiger partial charge in [-0.1, -0.05) is 32.4 Å². The molecule has 12 N–H and O–H groups in total. The van der Waals surface area contributed by atoms with Gasteiger partial charge in [0.05, 0.1) is 37.6 Å². The number of aliphatic hydroxyl groups excluding tert-OH is 11. The van der Waals surface area contributed by atoms with Crippen molar-refractivity contribution < 1.29 is 89.7 Å². The second kappa shape index (κ2) is 19.4. The van der Waals surface area contributed by atoms with Crippen LogP contribution in [0, 0.1) is 39.9 Å². The number of hydrogen-bond donors (Lipinski definition) is 12. The maximum absolute atomic E-state index is 12.3. The van der Waals surface area contributed by atoms with Crippen molar-refractivity contribution in [1.29, 1.82) is 0 Å². The Bertz CT molecular complexity index is 1590. The van der Waals surface area contributed by atoms with Crippen molar-refractivity contribution in [2.24, 2.45) is 39.9 Å². The second-order valence-corrected chi connectivity index (χ2v) is 21.7. The van der Waals surface area contributed by atoms with Crippen molar-refractivity contribution >= 4 is 0 Å². The molecule has 4 aliphatic carbocycles. The highest BCUT2D eigenvalue weighted by Crippen LogP contribution is 2.75. The van der Waals surface area contributed by atoms with E-state index in [1.165, 1.54) is 5.57 Å². The first-order valence-electron chi connectivity index (χ1n) is 23.6. The highest BCUT2D eigenvalue weighted by atomic mass is 16.7. The molecule has 4 saturated carbocycles. The Morgan fingerprint density at radius 2 is 1.25 bits per heavy atom. The molecule has 0 aromatic carbocycles. The van der Waals surface area contributed by atoms with E-state index in [1.54, 1.807) is 0 Å². The Morgan fingerprint density at radius 1 is 0.672 bits per heavy atom. The first kappa shape index (κ1) is 50.9. The van der Waals surface area contributed by atoms with Crippen LogP contribution in [0.5, 0.6) is 0 Å². The Hall–Kier alpha value is -0.980. The fraction of sp³-hybridized carbons (Fsp3) is 0.957. The Kier molecular flexibility index (Phi) is 15.4. The smallest absolute Gasteiger partial charge is 0.187 e. The van der Waals surface area contributed by atoms with Gasteiger partial charge >= 0.3 is 0 Å². The largest absolute Gasteiger partial charge is 0.394 e. The molecule has 18 heteroatoms. The summed E-state index contributed by atoms with van der Waals surface area (Å²) in [5.74, 6) is 0.147. The van der Waals surface area contributed by atoms with Gasteiger partial charge in [0.2, 0.25) is 0 Å². The highest BCUT2D eigenvalue weighted by Gasteiger charge is 2.70. The van der Waals surface area contributed by atoms with Gasteiger partial charge in [-0.3, -0.25) is 0 Å². The summed E-state index contributed by atoms with van der Waals surface area (Å²) in [5.41, 5.74) is -0.456. The summed E-state index contributed by atoms with van der Waals surface area (Å²) in [4.78, 5) is 0. The average Bonchev–Trinajstić information content (AvgIpc) is 3.63. The molecule has 0 radical (unpaired) electrons. The number of ether oxygens (including phenoxy) is 6. The van der Waals surface area contributed by atoms with Crippen LogP contribution in [0.2, 0.25) is 0 Å². The minimum atomic E-state index is -1.84. The molecular formula is C46H78O18. The molecule has 3 aliphatic heterocycles. The molecule has 3 saturated heterocycles. The predicted molar refractivity (Wildman–Crippen MR) is 224 cm³/mol. The Balaban J connectivity index is 1.10. The molecule has 4 unspecified atom stereocenters. The van der Waals surface area contributed by atoms with Crippen LogP contribution in [0.3, 0.4) is 0 Å². The fourth-order valence-corrected chi connectivity index (χ4v) is 13.8. The maximum atomic E-state index is 12.3. The van der Waals surface area contributed by atoms with Gasteiger partial charge in [-0.2, -0.15) is 0 Å². The van der Waals surface area contributed by atoms with Crippen LogP contribution in [0.4, 0.5) is 0 Å². The van der Waals surface area contributed by atoms with Gasteiger partial charge in [0, 0.05) is 0 Å². The fourth-order valence-electron chi connectivity index (χ4n) is 13.8. The monoisotopic (exact) mass is 919 g/mol. The minimum Gasteiger partial charge on any atom is -0.394 e. The number of hydrogen-bond acceptors (Lipinski definition) is 18. The molecule has 3 heterocycles. The van der Waals surface area contributed by atoms with Crippen LogP contribution in [-0.4, -0.2) is 191 Å². The zero-order valence-corrected chi connectivity index (χ0v) is 38.2. The average molecular weight is 919 g/mol. The van der Waals surface area contributed by atoms with E-state index in [2.05, 4.69) is 26.8 Å². The van der Waals surface area contributed by atoms with Gasteiger partial charge in [-0.15, -0.1) is 0 Å². The summed E-state index contributed by atoms with van der Waals surface area (Å²) in [6, 6.07) is 0. The van der Waals surface area contributed by atoms with Gasteiger partial charge in [-0.05, 0) is 125 Å². The summed E-state index contributed by atoms with van der Waals surface area (Å²) in [7, 11) is 0. The molecule has 7 fully saturated rings. The Labute approximate surface area is 376 Å². The zero-order chi connectivity index (χ0) is 46.8. The van der Waals surface area contributed by atoms with E-state index in [0.29, 0.717) is 25.7 Å². The van der Waals surface area contributed by atoms with E-state index in [4.69, 9.17) is 28.4 Å². The van der Waals surface area contributed by atoms with Crippen molar-refractivity contribution in [3.05, 3.63) is 11.6 Å². The third-order valence-corrected chi connectivity index (χ3v) is 17.8. The topological polar surface area (TPSA) is 298 Å². The SMILES string of the molecule is CC(C)=CCC[C@](C)(O)C1CC[C@]2(C)[C@@H]1[C@H](OC[C@H]1OC(O)[C@H](OC3O[C@H](CO)[C@@H](O)[C@H](O)[C@H]3O)[C@@H](O)[C@@H]1O)C[C@@H]1[C@@]3(C)CC[C@H](OC4O[C@H](CO)[C@@H](O)[C@H](O)[C@H]4O)C[C@@H]3CC[C@]12C. The van der Waals surface area contributed by atoms with Crippen LogP contribution < -0.4 is 0 Å². The molecule has 25 atom stereocenters. The van der Waals surface area contributed by atoms with Gasteiger partial charge in [0.15, 0.2) is 18.9 Å². The molecule has 370 valence electrons. The molecule has 64 heavy (non-hydrogen) atoms.